The van der Waals surface area contributed by atoms with Crippen LogP contribution in [0.3, 0.4) is 0 Å². The molecule has 1 aliphatic heterocycles. The lowest BCUT2D eigenvalue weighted by Gasteiger charge is -2.31. The number of nitrogens with zero attached hydrogens (tertiary/aromatic N) is 2. The second kappa shape index (κ2) is 3.84. The molecule has 2 rings (SSSR count). The van der Waals surface area contributed by atoms with Crippen molar-refractivity contribution in [3.63, 3.8) is 0 Å². The molecule has 0 spiro atoms. The Bertz CT molecular complexity index is 316. The molecule has 1 aliphatic rings. The summed E-state index contributed by atoms with van der Waals surface area (Å²) in [6, 6.07) is 3.66. The van der Waals surface area contributed by atoms with Crippen LogP contribution in [0.2, 0.25) is 0 Å². The fourth-order valence-corrected chi connectivity index (χ4v) is 1.82. The van der Waals surface area contributed by atoms with Gasteiger partial charge in [-0.25, -0.2) is 4.98 Å². The number of nitrogens with two attached hydrogens (primary N) is 1. The molecule has 0 aromatic carbocycles. The lowest BCUT2D eigenvalue weighted by atomic mass is 10.1. The molecule has 1 fully saturated rings. The molecule has 2 heterocycles. The van der Waals surface area contributed by atoms with Crippen LogP contribution in [0.15, 0.2) is 18.3 Å². The highest BCUT2D eigenvalue weighted by Gasteiger charge is 2.19. The molecule has 1 aromatic heterocycles. The Hall–Kier alpha value is -1.29. The smallest absolute Gasteiger partial charge is 0.151 e. The van der Waals surface area contributed by atoms with Crippen molar-refractivity contribution in [1.29, 1.82) is 0 Å². The van der Waals surface area contributed by atoms with Gasteiger partial charge in [0.25, 0.3) is 0 Å². The molecule has 3 N–H and O–H groups in total. The molecule has 14 heavy (non-hydrogen) atoms. The molecule has 0 saturated carbocycles. The van der Waals surface area contributed by atoms with Crippen molar-refractivity contribution in [3.05, 3.63) is 18.3 Å². The van der Waals surface area contributed by atoms with Crippen LogP contribution < -0.4 is 10.6 Å². The summed E-state index contributed by atoms with van der Waals surface area (Å²) in [5.74, 6) is 0.797. The largest absolute Gasteiger partial charge is 0.396 e. The van der Waals surface area contributed by atoms with Gasteiger partial charge in [-0.1, -0.05) is 0 Å². The fraction of sp³-hybridized carbons (Fsp3) is 0.500. The third kappa shape index (κ3) is 1.80. The molecule has 4 heteroatoms. The lowest BCUT2D eigenvalue weighted by Crippen LogP contribution is -2.39. The van der Waals surface area contributed by atoms with E-state index in [1.807, 2.05) is 17.0 Å². The summed E-state index contributed by atoms with van der Waals surface area (Å²) in [7, 11) is 0. The van der Waals surface area contributed by atoms with Crippen LogP contribution in [0.25, 0.3) is 0 Å². The van der Waals surface area contributed by atoms with E-state index in [2.05, 4.69) is 4.98 Å². The lowest BCUT2D eigenvalue weighted by molar-refractivity contribution is 0.154. The van der Waals surface area contributed by atoms with Crippen molar-refractivity contribution in [2.24, 2.45) is 0 Å². The number of rotatable bonds is 1. The van der Waals surface area contributed by atoms with Gasteiger partial charge in [0.1, 0.15) is 0 Å². The van der Waals surface area contributed by atoms with Crippen molar-refractivity contribution in [2.75, 3.05) is 23.7 Å². The Kier molecular flexibility index (Phi) is 2.54. The number of hydrogen-bond acceptors (Lipinski definition) is 4. The first-order chi connectivity index (χ1) is 6.77. The van der Waals surface area contributed by atoms with Crippen LogP contribution in [-0.4, -0.2) is 29.3 Å². The van der Waals surface area contributed by atoms with E-state index in [9.17, 15) is 5.11 Å². The fourth-order valence-electron chi connectivity index (χ4n) is 1.82. The van der Waals surface area contributed by atoms with Crippen molar-refractivity contribution < 1.29 is 5.11 Å². The maximum atomic E-state index is 9.52. The standard InChI is InChI=1S/C10H15N3O/c11-9-4-1-5-12-10(9)13-6-2-3-8(14)7-13/h1,4-5,8,14H,2-3,6-7,11H2. The van der Waals surface area contributed by atoms with Crippen LogP contribution in [0, 0.1) is 0 Å². The summed E-state index contributed by atoms with van der Waals surface area (Å²) in [5, 5.41) is 9.52. The molecular formula is C10H15N3O. The molecule has 76 valence electrons. The van der Waals surface area contributed by atoms with Crippen molar-refractivity contribution in [1.82, 2.24) is 4.98 Å². The quantitative estimate of drug-likeness (QED) is 0.686. The predicted octanol–water partition coefficient (Wildman–Crippen LogP) is 0.625. The van der Waals surface area contributed by atoms with Gasteiger partial charge >= 0.3 is 0 Å². The van der Waals surface area contributed by atoms with E-state index in [1.165, 1.54) is 0 Å². The van der Waals surface area contributed by atoms with Crippen molar-refractivity contribution in [2.45, 2.75) is 18.9 Å². The Morgan fingerprint density at radius 2 is 2.43 bits per heavy atom. The zero-order valence-corrected chi connectivity index (χ0v) is 8.06. The molecule has 0 aliphatic carbocycles. The van der Waals surface area contributed by atoms with Gasteiger partial charge in [-0.05, 0) is 25.0 Å². The highest BCUT2D eigenvalue weighted by atomic mass is 16.3. The maximum absolute atomic E-state index is 9.52. The second-order valence-electron chi connectivity index (χ2n) is 3.66. The topological polar surface area (TPSA) is 62.4 Å². The van der Waals surface area contributed by atoms with Gasteiger partial charge in [-0.2, -0.15) is 0 Å². The number of aliphatic hydroxyl groups excluding tert-OH is 1. The van der Waals surface area contributed by atoms with Gasteiger partial charge in [0.2, 0.25) is 0 Å². The first-order valence-corrected chi connectivity index (χ1v) is 4.91. The summed E-state index contributed by atoms with van der Waals surface area (Å²) in [6.45, 7) is 1.57. The number of hydrogen-bond donors (Lipinski definition) is 2. The van der Waals surface area contributed by atoms with E-state index in [0.717, 1.165) is 25.2 Å². The zero-order chi connectivity index (χ0) is 9.97. The molecule has 1 saturated heterocycles. The number of pyridine rings is 1. The molecule has 0 bridgehead atoms. The third-order valence-electron chi connectivity index (χ3n) is 2.51. The second-order valence-corrected chi connectivity index (χ2v) is 3.66. The van der Waals surface area contributed by atoms with Gasteiger partial charge in [-0.15, -0.1) is 0 Å². The van der Waals surface area contributed by atoms with E-state index >= 15 is 0 Å². The summed E-state index contributed by atoms with van der Waals surface area (Å²) in [4.78, 5) is 6.27. The molecule has 1 atom stereocenters. The predicted molar refractivity (Wildman–Crippen MR) is 56.1 cm³/mol. The van der Waals surface area contributed by atoms with E-state index < -0.39 is 0 Å². The summed E-state index contributed by atoms with van der Waals surface area (Å²) in [6.07, 6.45) is 3.36. The molecule has 0 amide bonds. The monoisotopic (exact) mass is 193 g/mol. The average Bonchev–Trinajstić information content (AvgIpc) is 2.18. The van der Waals surface area contributed by atoms with Crippen LogP contribution in [0.1, 0.15) is 12.8 Å². The zero-order valence-electron chi connectivity index (χ0n) is 8.06. The first kappa shape index (κ1) is 9.27. The van der Waals surface area contributed by atoms with Crippen LogP contribution in [0.5, 0.6) is 0 Å². The van der Waals surface area contributed by atoms with Gasteiger partial charge in [0.15, 0.2) is 5.82 Å². The van der Waals surface area contributed by atoms with Gasteiger partial charge in [0.05, 0.1) is 11.8 Å². The van der Waals surface area contributed by atoms with E-state index in [1.54, 1.807) is 6.20 Å². The van der Waals surface area contributed by atoms with Crippen molar-refractivity contribution in [3.8, 4) is 0 Å². The minimum Gasteiger partial charge on any atom is -0.396 e. The third-order valence-corrected chi connectivity index (χ3v) is 2.51. The molecule has 4 nitrogen and oxygen atoms in total. The van der Waals surface area contributed by atoms with Crippen LogP contribution in [0.4, 0.5) is 11.5 Å². The highest BCUT2D eigenvalue weighted by molar-refractivity contribution is 5.62. The van der Waals surface area contributed by atoms with Crippen molar-refractivity contribution >= 4 is 11.5 Å². The summed E-state index contributed by atoms with van der Waals surface area (Å²) in [5.41, 5.74) is 6.49. The molecule has 1 aromatic rings. The Morgan fingerprint density at radius 3 is 3.14 bits per heavy atom. The minimum absolute atomic E-state index is 0.245. The Labute approximate surface area is 83.4 Å². The number of β-amino-alcohol motifs (C(OH)–C–C–N with tert-alkyl or cyclic N) is 1. The van der Waals surface area contributed by atoms with E-state index in [-0.39, 0.29) is 6.10 Å². The number of aliphatic hydroxyl groups is 1. The Balaban J connectivity index is 2.18. The molecular weight excluding hydrogens is 178 g/mol. The number of aromatic nitrogens is 1. The first-order valence-electron chi connectivity index (χ1n) is 4.91. The van der Waals surface area contributed by atoms with E-state index in [0.29, 0.717) is 12.2 Å². The number of piperidine rings is 1. The molecule has 1 unspecified atom stereocenters. The Morgan fingerprint density at radius 1 is 1.57 bits per heavy atom. The number of anilines is 2. The van der Waals surface area contributed by atoms with Gasteiger partial charge < -0.3 is 15.7 Å². The SMILES string of the molecule is Nc1cccnc1N1CCCC(O)C1. The molecule has 0 radical (unpaired) electrons. The van der Waals surface area contributed by atoms with Crippen LogP contribution in [-0.2, 0) is 0 Å². The normalized spacial score (nSPS) is 22.4. The van der Waals surface area contributed by atoms with Gasteiger partial charge in [0, 0.05) is 19.3 Å². The van der Waals surface area contributed by atoms with E-state index in [4.69, 9.17) is 5.73 Å². The summed E-state index contributed by atoms with van der Waals surface area (Å²) >= 11 is 0. The average molecular weight is 193 g/mol. The van der Waals surface area contributed by atoms with Crippen LogP contribution >= 0.6 is 0 Å². The number of nitrogen functional groups attached to an aromatic ring is 1. The maximum Gasteiger partial charge on any atom is 0.151 e. The minimum atomic E-state index is -0.245. The summed E-state index contributed by atoms with van der Waals surface area (Å²) < 4.78 is 0. The van der Waals surface area contributed by atoms with Gasteiger partial charge in [-0.3, -0.25) is 0 Å². The highest BCUT2D eigenvalue weighted by Crippen LogP contribution is 2.22.